The van der Waals surface area contributed by atoms with Gasteiger partial charge >= 0.3 is 0 Å². The van der Waals surface area contributed by atoms with Gasteiger partial charge in [-0.25, -0.2) is 9.97 Å². The fourth-order valence-corrected chi connectivity index (χ4v) is 5.76. The van der Waals surface area contributed by atoms with Crippen molar-refractivity contribution in [3.8, 4) is 11.1 Å². The maximum atomic E-state index is 13.4. The van der Waals surface area contributed by atoms with Crippen LogP contribution in [-0.2, 0) is 13.0 Å². The summed E-state index contributed by atoms with van der Waals surface area (Å²) in [5.74, 6) is 0.590. The smallest absolute Gasteiger partial charge is 0.270 e. The summed E-state index contributed by atoms with van der Waals surface area (Å²) in [6.45, 7) is 8.15. The normalized spacial score (nSPS) is 14.2. The first-order chi connectivity index (χ1) is 20.4. The summed E-state index contributed by atoms with van der Waals surface area (Å²) in [4.78, 5) is 45.2. The molecule has 1 amide bonds. The van der Waals surface area contributed by atoms with Crippen LogP contribution in [0.1, 0.15) is 55.6 Å². The quantitative estimate of drug-likeness (QED) is 0.240. The Morgan fingerprint density at radius 3 is 2.40 bits per heavy atom. The molecule has 0 spiro atoms. The molecule has 0 atom stereocenters. The number of nitrogens with zero attached hydrogens (tertiary/aromatic N) is 5. The van der Waals surface area contributed by atoms with Crippen molar-refractivity contribution in [3.63, 3.8) is 0 Å². The fraction of sp³-hybridized carbons (Fsp3) is 0.364. The molecule has 6 rings (SSSR count). The van der Waals surface area contributed by atoms with Crippen LogP contribution < -0.4 is 10.9 Å². The lowest BCUT2D eigenvalue weighted by Gasteiger charge is -2.26. The average Bonchev–Trinajstić information content (AvgIpc) is 3.32. The molecule has 2 aromatic carbocycles. The summed E-state index contributed by atoms with van der Waals surface area (Å²) in [6, 6.07) is 15.3. The van der Waals surface area contributed by atoms with E-state index in [-0.39, 0.29) is 11.5 Å². The second-order valence-corrected chi connectivity index (χ2v) is 11.6. The van der Waals surface area contributed by atoms with Gasteiger partial charge in [-0.05, 0) is 98.8 Å². The van der Waals surface area contributed by atoms with Gasteiger partial charge in [-0.1, -0.05) is 32.4 Å². The Morgan fingerprint density at radius 2 is 1.67 bits per heavy atom. The molecule has 2 N–H and O–H groups in total. The van der Waals surface area contributed by atoms with Gasteiger partial charge in [0.05, 0.1) is 22.1 Å². The van der Waals surface area contributed by atoms with Gasteiger partial charge < -0.3 is 14.5 Å². The third-order valence-corrected chi connectivity index (χ3v) is 7.92. The van der Waals surface area contributed by atoms with Crippen molar-refractivity contribution < 1.29 is 4.79 Å². The van der Waals surface area contributed by atoms with Crippen molar-refractivity contribution >= 4 is 33.9 Å². The number of piperidine rings is 1. The summed E-state index contributed by atoms with van der Waals surface area (Å²) >= 11 is 0. The van der Waals surface area contributed by atoms with E-state index in [2.05, 4.69) is 38.6 Å². The number of hydrogen-bond acceptors (Lipinski definition) is 6. The molecule has 42 heavy (non-hydrogen) atoms. The number of likely N-dealkylation sites (tertiary alicyclic amines) is 1. The van der Waals surface area contributed by atoms with Gasteiger partial charge in [0.1, 0.15) is 5.69 Å². The number of H-pyrrole nitrogens is 1. The van der Waals surface area contributed by atoms with Crippen molar-refractivity contribution in [2.24, 2.45) is 5.92 Å². The highest BCUT2D eigenvalue weighted by Gasteiger charge is 2.18. The molecule has 1 aliphatic heterocycles. The fourth-order valence-electron chi connectivity index (χ4n) is 5.76. The Bertz CT molecular complexity index is 1750. The molecule has 5 aromatic rings. The van der Waals surface area contributed by atoms with E-state index in [1.165, 1.54) is 19.3 Å². The molecule has 0 radical (unpaired) electrons. The van der Waals surface area contributed by atoms with Gasteiger partial charge in [0.15, 0.2) is 0 Å². The molecular formula is C33H37N7O2. The van der Waals surface area contributed by atoms with Gasteiger partial charge in [-0.2, -0.15) is 0 Å². The highest BCUT2D eigenvalue weighted by Crippen LogP contribution is 2.26. The van der Waals surface area contributed by atoms with Crippen molar-refractivity contribution in [1.82, 2.24) is 29.4 Å². The van der Waals surface area contributed by atoms with Crippen LogP contribution in [-0.4, -0.2) is 54.9 Å². The molecule has 4 heterocycles. The number of aromatic amines is 1. The lowest BCUT2D eigenvalue weighted by molar-refractivity contribution is 0.102. The largest absolute Gasteiger partial charge is 0.319 e. The van der Waals surface area contributed by atoms with E-state index in [9.17, 15) is 9.59 Å². The molecule has 1 aliphatic rings. The molecule has 1 saturated heterocycles. The second-order valence-electron chi connectivity index (χ2n) is 11.6. The molecule has 0 aliphatic carbocycles. The Balaban J connectivity index is 1.31. The van der Waals surface area contributed by atoms with Crippen LogP contribution in [0.2, 0.25) is 0 Å². The number of nitrogens with one attached hydrogen (secondary N) is 2. The zero-order valence-electron chi connectivity index (χ0n) is 24.3. The number of benzene rings is 2. The number of pyridine rings is 1. The number of rotatable bonds is 9. The number of carbonyl (C=O) groups excluding carboxylic acids is 1. The maximum Gasteiger partial charge on any atom is 0.270 e. The zero-order chi connectivity index (χ0) is 29.1. The summed E-state index contributed by atoms with van der Waals surface area (Å²) in [5, 5.41) is 3.06. The van der Waals surface area contributed by atoms with Crippen molar-refractivity contribution in [1.29, 1.82) is 0 Å². The molecule has 3 aromatic heterocycles. The number of aromatic nitrogens is 5. The first-order valence-corrected chi connectivity index (χ1v) is 14.9. The number of anilines is 1. The molecule has 0 bridgehead atoms. The summed E-state index contributed by atoms with van der Waals surface area (Å²) in [6.07, 6.45) is 8.87. The van der Waals surface area contributed by atoms with Gasteiger partial charge in [0.25, 0.3) is 11.5 Å². The number of aryl methyl sites for hydroxylation is 1. The first-order valence-electron chi connectivity index (χ1n) is 14.9. The molecule has 9 heteroatoms. The Morgan fingerprint density at radius 1 is 0.929 bits per heavy atom. The van der Waals surface area contributed by atoms with Crippen LogP contribution in [0, 0.1) is 5.92 Å². The zero-order valence-corrected chi connectivity index (χ0v) is 24.3. The molecular weight excluding hydrogens is 526 g/mol. The summed E-state index contributed by atoms with van der Waals surface area (Å²) in [5.41, 5.74) is 5.94. The number of carbonyl (C=O) groups is 1. The first kappa shape index (κ1) is 27.8. The third-order valence-electron chi connectivity index (χ3n) is 7.92. The van der Waals surface area contributed by atoms with Crippen LogP contribution in [0.25, 0.3) is 33.2 Å². The lowest BCUT2D eigenvalue weighted by Crippen LogP contribution is -2.31. The highest BCUT2D eigenvalue weighted by atomic mass is 16.2. The van der Waals surface area contributed by atoms with E-state index in [1.54, 1.807) is 12.4 Å². The van der Waals surface area contributed by atoms with Crippen molar-refractivity contribution in [2.45, 2.75) is 52.5 Å². The minimum Gasteiger partial charge on any atom is -0.319 e. The molecule has 0 saturated carbocycles. The van der Waals surface area contributed by atoms with E-state index in [4.69, 9.17) is 9.97 Å². The van der Waals surface area contributed by atoms with Gasteiger partial charge in [-0.15, -0.1) is 0 Å². The third kappa shape index (κ3) is 6.11. The van der Waals surface area contributed by atoms with E-state index in [1.807, 2.05) is 48.5 Å². The number of imidazole rings is 1. The monoisotopic (exact) mass is 563 g/mol. The predicted molar refractivity (Wildman–Crippen MR) is 167 cm³/mol. The minimum atomic E-state index is -0.223. The molecule has 9 nitrogen and oxygen atoms in total. The van der Waals surface area contributed by atoms with Crippen LogP contribution in [0.4, 0.5) is 5.95 Å². The van der Waals surface area contributed by atoms with E-state index < -0.39 is 0 Å². The lowest BCUT2D eigenvalue weighted by atomic mass is 10.1. The Labute approximate surface area is 245 Å². The topological polar surface area (TPSA) is 109 Å². The van der Waals surface area contributed by atoms with Crippen molar-refractivity contribution in [3.05, 3.63) is 82.5 Å². The van der Waals surface area contributed by atoms with Crippen LogP contribution >= 0.6 is 0 Å². The maximum absolute atomic E-state index is 13.4. The van der Waals surface area contributed by atoms with E-state index >= 15 is 0 Å². The van der Waals surface area contributed by atoms with Crippen molar-refractivity contribution in [2.75, 3.05) is 25.0 Å². The number of amides is 1. The standard InChI is InChI=1S/C33H37N7O2/c1-22(2)19-29-32(42)36-26-20-28-30(21-27(26)35-29)40(18-6-17-39-15-4-3-5-16-39)33(37-28)38-31(41)25-9-7-23(8-10-25)24-11-13-34-14-12-24/h7-14,20-22H,3-6,15-19H2,1-2H3,(H,36,42)(H,37,38,41). The van der Waals surface area contributed by atoms with Gasteiger partial charge in [0.2, 0.25) is 5.95 Å². The van der Waals surface area contributed by atoms with Crippen LogP contribution in [0.5, 0.6) is 0 Å². The Kier molecular flexibility index (Phi) is 8.10. The number of hydrogen-bond donors (Lipinski definition) is 2. The van der Waals surface area contributed by atoms with Crippen LogP contribution in [0.15, 0.2) is 65.7 Å². The van der Waals surface area contributed by atoms with E-state index in [0.29, 0.717) is 47.1 Å². The second kappa shape index (κ2) is 12.2. The summed E-state index contributed by atoms with van der Waals surface area (Å²) < 4.78 is 2.08. The summed E-state index contributed by atoms with van der Waals surface area (Å²) in [7, 11) is 0. The minimum absolute atomic E-state index is 0.166. The van der Waals surface area contributed by atoms with E-state index in [0.717, 1.165) is 48.2 Å². The van der Waals surface area contributed by atoms with Gasteiger partial charge in [-0.3, -0.25) is 19.9 Å². The van der Waals surface area contributed by atoms with Crippen LogP contribution in [0.3, 0.4) is 0 Å². The average molecular weight is 564 g/mol. The highest BCUT2D eigenvalue weighted by molar-refractivity contribution is 6.04. The van der Waals surface area contributed by atoms with Gasteiger partial charge in [0, 0.05) is 24.5 Å². The Hall–Kier alpha value is -4.37. The molecule has 0 unspecified atom stereocenters. The predicted octanol–water partition coefficient (Wildman–Crippen LogP) is 5.66. The molecule has 216 valence electrons. The molecule has 1 fully saturated rings. The SMILES string of the molecule is CC(C)Cc1nc2cc3c(cc2[nH]c1=O)nc(NC(=O)c1ccc(-c2ccncc2)cc1)n3CCCN1CCCCC1. The number of fused-ring (bicyclic) bond motifs is 2.